The summed E-state index contributed by atoms with van der Waals surface area (Å²) in [6, 6.07) is 3.58. The van der Waals surface area contributed by atoms with Crippen molar-refractivity contribution in [1.82, 2.24) is 16.0 Å². The van der Waals surface area contributed by atoms with Crippen LogP contribution in [0.15, 0.2) is 35.0 Å². The van der Waals surface area contributed by atoms with Crippen molar-refractivity contribution >= 4 is 38.5 Å². The van der Waals surface area contributed by atoms with E-state index < -0.39 is 82.1 Å². The van der Waals surface area contributed by atoms with Gasteiger partial charge in [0.25, 0.3) is 0 Å². The van der Waals surface area contributed by atoms with Crippen molar-refractivity contribution in [3.63, 3.8) is 0 Å². The molecule has 4 heterocycles. The van der Waals surface area contributed by atoms with E-state index in [-0.39, 0.29) is 97.9 Å². The Morgan fingerprint density at radius 1 is 0.912 bits per heavy atom. The lowest BCUT2D eigenvalue weighted by atomic mass is 9.50. The average Bonchev–Trinajstić information content (AvgIpc) is 4.21. The van der Waals surface area contributed by atoms with Crippen LogP contribution in [0.3, 0.4) is 0 Å². The first-order valence-corrected chi connectivity index (χ1v) is 32.9. The number of benzene rings is 1. The number of aliphatic hydroxyl groups is 8. The zero-order valence-corrected chi connectivity index (χ0v) is 49.5. The highest BCUT2D eigenvalue weighted by atomic mass is 33.1. The van der Waals surface area contributed by atoms with Crippen LogP contribution in [0.2, 0.25) is 0 Å². The molecular formula is C61H95N3O14S2. The zero-order valence-electron chi connectivity index (χ0n) is 47.8. The van der Waals surface area contributed by atoms with Crippen molar-refractivity contribution in [2.45, 2.75) is 194 Å². The second kappa shape index (κ2) is 25.0. The second-order valence-electron chi connectivity index (χ2n) is 26.2. The normalized spacial score (nSPS) is 43.2. The summed E-state index contributed by atoms with van der Waals surface area (Å²) in [4.78, 5) is 13.1. The first-order valence-electron chi connectivity index (χ1n) is 30.6. The van der Waals surface area contributed by atoms with Crippen molar-refractivity contribution in [2.24, 2.45) is 52.8 Å². The van der Waals surface area contributed by atoms with Gasteiger partial charge in [0.2, 0.25) is 12.0 Å². The number of nitrogens with one attached hydrogen (secondary N) is 3. The van der Waals surface area contributed by atoms with E-state index in [2.05, 4.69) is 22.9 Å². The summed E-state index contributed by atoms with van der Waals surface area (Å²) in [5.41, 5.74) is -6.89. The van der Waals surface area contributed by atoms with E-state index in [0.29, 0.717) is 61.1 Å². The van der Waals surface area contributed by atoms with Crippen LogP contribution in [0.1, 0.15) is 135 Å². The van der Waals surface area contributed by atoms with Crippen LogP contribution in [-0.2, 0) is 20.7 Å². The second-order valence-corrected chi connectivity index (χ2v) is 28.9. The van der Waals surface area contributed by atoms with Gasteiger partial charge in [-0.2, -0.15) is 0 Å². The molecule has 11 N–H and O–H groups in total. The third-order valence-corrected chi connectivity index (χ3v) is 24.8. The van der Waals surface area contributed by atoms with E-state index in [0.717, 1.165) is 77.3 Å². The number of ether oxygens (including phenoxy) is 4. The number of carbonyl (C=O) groups is 1. The van der Waals surface area contributed by atoms with Crippen molar-refractivity contribution < 1.29 is 69.0 Å². The van der Waals surface area contributed by atoms with Crippen LogP contribution in [0, 0.1) is 52.8 Å². The number of hydrogen-bond acceptors (Lipinski definition) is 19. The maximum Gasteiger partial charge on any atom is 0.306 e. The summed E-state index contributed by atoms with van der Waals surface area (Å²) in [5, 5.41) is 112. The molecule has 0 radical (unpaired) electrons. The number of rotatable bonds is 14. The Morgan fingerprint density at radius 2 is 1.71 bits per heavy atom. The Kier molecular flexibility index (Phi) is 19.0. The number of allylic oxidation sites excluding steroid dienone is 1. The Morgan fingerprint density at radius 3 is 2.49 bits per heavy atom. The van der Waals surface area contributed by atoms with Gasteiger partial charge in [-0.1, -0.05) is 53.5 Å². The Bertz CT molecular complexity index is 2440. The molecule has 4 saturated carbocycles. The molecule has 1 aromatic carbocycles. The lowest BCUT2D eigenvalue weighted by Crippen LogP contribution is -2.86. The van der Waals surface area contributed by atoms with Gasteiger partial charge in [-0.25, -0.2) is 0 Å². The summed E-state index contributed by atoms with van der Waals surface area (Å²) < 4.78 is 32.6. The van der Waals surface area contributed by atoms with E-state index in [1.54, 1.807) is 42.2 Å². The molecule has 2 saturated heterocycles. The molecule has 80 heavy (non-hydrogen) atoms. The third kappa shape index (κ3) is 11.2. The minimum atomic E-state index is -2.51. The molecule has 2 aromatic rings. The molecule has 0 amide bonds. The minimum Gasteiger partial charge on any atom is -0.485 e. The zero-order chi connectivity index (χ0) is 56.7. The van der Waals surface area contributed by atoms with Gasteiger partial charge in [-0.05, 0) is 195 Å². The van der Waals surface area contributed by atoms with Crippen LogP contribution in [0.4, 0.5) is 0 Å². The summed E-state index contributed by atoms with van der Waals surface area (Å²) in [6.45, 7) is 6.05. The van der Waals surface area contributed by atoms with Gasteiger partial charge in [0.1, 0.15) is 23.9 Å². The lowest BCUT2D eigenvalue weighted by Gasteiger charge is -2.67. The van der Waals surface area contributed by atoms with Crippen molar-refractivity contribution in [2.75, 3.05) is 65.9 Å². The van der Waals surface area contributed by atoms with E-state index in [1.165, 1.54) is 0 Å². The standard InChI is InChI=1S/C61H95N3O14S2/c1-5-74-49(69)14-11-41-28-42-18-25-75-51(42)53-52(41)77-55-61(73)50-43(10-12-45(67)44(50)35-66)32-59(72,54(61)70)60(78-55)36-79-80-58(47(64-23-26-76-53)13-9-37(2)7-6-8-48(60)68)22-21-56(19-15-39(29-56)33-62-3)46(58)16-20-57(71)30-38(17-24-65)27-40(31-57)34-63-4/h10,12,18,25,28,37-40,43-48,50,54-55,62-68,70-73H,5-9,11,13-17,19-24,26-27,29-36H2,1-4H3. The Labute approximate surface area is 481 Å². The van der Waals surface area contributed by atoms with E-state index in [9.17, 15) is 45.6 Å². The molecule has 450 valence electrons. The molecule has 6 fully saturated rings. The summed E-state index contributed by atoms with van der Waals surface area (Å²) in [5.74, 6) is -1.61. The Balaban J connectivity index is 1.14. The number of furan rings is 1. The van der Waals surface area contributed by atoms with Crippen LogP contribution < -0.4 is 25.4 Å². The highest BCUT2D eigenvalue weighted by Gasteiger charge is 2.78. The third-order valence-electron chi connectivity index (χ3n) is 21.4. The number of aryl methyl sites for hydroxylation is 1. The number of fused-ring (bicyclic) bond motifs is 11. The molecule has 8 aliphatic rings. The van der Waals surface area contributed by atoms with Gasteiger partial charge in [0, 0.05) is 59.9 Å². The lowest BCUT2D eigenvalue weighted by molar-refractivity contribution is -0.424. The highest BCUT2D eigenvalue weighted by molar-refractivity contribution is 8.77. The first kappa shape index (κ1) is 60.9. The van der Waals surface area contributed by atoms with Crippen molar-refractivity contribution in [3.8, 4) is 11.5 Å². The molecule has 19 unspecified atom stereocenters. The smallest absolute Gasteiger partial charge is 0.306 e. The van der Waals surface area contributed by atoms with Gasteiger partial charge < -0.3 is 80.2 Å². The highest BCUT2D eigenvalue weighted by Crippen LogP contribution is 2.69. The molecule has 1 aromatic heterocycles. The summed E-state index contributed by atoms with van der Waals surface area (Å²) >= 11 is 0. The minimum absolute atomic E-state index is 0.0175. The fourth-order valence-electron chi connectivity index (χ4n) is 17.7. The number of carbonyl (C=O) groups excluding carboxylic acids is 1. The van der Waals surface area contributed by atoms with Crippen LogP contribution >= 0.6 is 21.6 Å². The van der Waals surface area contributed by atoms with Gasteiger partial charge in [0.05, 0.1) is 30.7 Å². The maximum absolute atomic E-state index is 13.9. The molecule has 5 bridgehead atoms. The van der Waals surface area contributed by atoms with Gasteiger partial charge in [0.15, 0.2) is 16.9 Å². The fourth-order valence-corrected chi connectivity index (χ4v) is 22.0. The van der Waals surface area contributed by atoms with Crippen LogP contribution in [-0.4, -0.2) is 171 Å². The molecular weight excluding hydrogens is 1060 g/mol. The van der Waals surface area contributed by atoms with Gasteiger partial charge >= 0.3 is 5.97 Å². The number of aliphatic hydroxyl groups excluding tert-OH is 5. The van der Waals surface area contributed by atoms with Crippen molar-refractivity contribution in [3.05, 3.63) is 36.1 Å². The monoisotopic (exact) mass is 1160 g/mol. The van der Waals surface area contributed by atoms with E-state index in [1.807, 2.05) is 31.0 Å². The predicted octanol–water partition coefficient (Wildman–Crippen LogP) is 5.78. The molecule has 3 aliphatic heterocycles. The van der Waals surface area contributed by atoms with Gasteiger partial charge in [-0.15, -0.1) is 0 Å². The predicted molar refractivity (Wildman–Crippen MR) is 308 cm³/mol. The van der Waals surface area contributed by atoms with Crippen LogP contribution in [0.5, 0.6) is 11.5 Å². The largest absolute Gasteiger partial charge is 0.485 e. The Hall–Kier alpha value is -2.21. The summed E-state index contributed by atoms with van der Waals surface area (Å²) in [6.07, 6.45) is 11.2. The first-order chi connectivity index (χ1) is 38.5. The topological polar surface area (TPSA) is 265 Å². The van der Waals surface area contributed by atoms with Crippen molar-refractivity contribution in [1.29, 1.82) is 0 Å². The molecule has 19 atom stereocenters. The van der Waals surface area contributed by atoms with E-state index in [4.69, 9.17) is 23.4 Å². The quantitative estimate of drug-likeness (QED) is 0.0609. The molecule has 19 heteroatoms. The molecule has 10 rings (SSSR count). The maximum atomic E-state index is 13.9. The molecule has 17 nitrogen and oxygen atoms in total. The molecule has 3 spiro atoms. The van der Waals surface area contributed by atoms with Crippen LogP contribution in [0.25, 0.3) is 11.0 Å². The number of hydrogen-bond donors (Lipinski definition) is 11. The molecule has 5 aliphatic carbocycles. The van der Waals surface area contributed by atoms with Gasteiger partial charge in [-0.3, -0.25) is 4.79 Å². The fraction of sp³-hybridized carbons (Fsp3) is 0.820. The van der Waals surface area contributed by atoms with E-state index >= 15 is 0 Å². The summed E-state index contributed by atoms with van der Waals surface area (Å²) in [7, 11) is 7.37. The SMILES string of the molecule is CCOC(=O)CCc1cc2ccoc2c2c1OC1OC3(CSSC4(CCC5(CCC(CNC)C5)C4CCC4(O)CC(CCO)CC(CNC)C4)C(CCC(C)CCCC3O)NCCO2)C2(O)CC3C=CC(O)C(CO)C3C1(O)C2O. The number of esters is 1. The average molecular weight is 1160 g/mol.